The summed E-state index contributed by atoms with van der Waals surface area (Å²) < 4.78 is 0. The van der Waals surface area contributed by atoms with E-state index in [-0.39, 0.29) is 11.9 Å². The molecule has 0 heterocycles. The van der Waals surface area contributed by atoms with Gasteiger partial charge < -0.3 is 16.0 Å². The lowest BCUT2D eigenvalue weighted by atomic mass is 10.1. The molecule has 1 saturated carbocycles. The third-order valence-corrected chi connectivity index (χ3v) is 6.13. The van der Waals surface area contributed by atoms with Crippen LogP contribution >= 0.6 is 0 Å². The largest absolute Gasteiger partial charge is 0.349 e. The van der Waals surface area contributed by atoms with Crippen LogP contribution in [0.1, 0.15) is 107 Å². The number of rotatable bonds is 14. The molecular formula is C26H41N3O3. The van der Waals surface area contributed by atoms with Gasteiger partial charge in [-0.05, 0) is 31.4 Å². The first-order valence-corrected chi connectivity index (χ1v) is 12.6. The Kier molecular flexibility index (Phi) is 12.5. The number of amides is 3. The minimum absolute atomic E-state index is 0.190. The maximum atomic E-state index is 12.6. The molecule has 1 fully saturated rings. The van der Waals surface area contributed by atoms with Crippen LogP contribution in [0.5, 0.6) is 0 Å². The second-order valence-electron chi connectivity index (χ2n) is 8.89. The maximum Gasteiger partial charge on any atom is 0.313 e. The molecule has 1 aliphatic rings. The summed E-state index contributed by atoms with van der Waals surface area (Å²) in [6, 6.07) is 7.00. The molecule has 1 aromatic rings. The Morgan fingerprint density at radius 3 is 2.06 bits per heavy atom. The van der Waals surface area contributed by atoms with Gasteiger partial charge in [0.25, 0.3) is 5.91 Å². The Bertz CT molecular complexity index is 714. The topological polar surface area (TPSA) is 87.3 Å². The quantitative estimate of drug-likeness (QED) is 0.268. The molecule has 0 unspecified atom stereocenters. The summed E-state index contributed by atoms with van der Waals surface area (Å²) in [5.41, 5.74) is 0.748. The van der Waals surface area contributed by atoms with Gasteiger partial charge in [-0.25, -0.2) is 0 Å². The van der Waals surface area contributed by atoms with E-state index in [9.17, 15) is 14.4 Å². The maximum absolute atomic E-state index is 12.6. The van der Waals surface area contributed by atoms with Crippen molar-refractivity contribution in [3.63, 3.8) is 0 Å². The van der Waals surface area contributed by atoms with Crippen molar-refractivity contribution in [2.75, 3.05) is 11.9 Å². The average molecular weight is 444 g/mol. The van der Waals surface area contributed by atoms with Crippen LogP contribution in [0.2, 0.25) is 0 Å². The van der Waals surface area contributed by atoms with Crippen LogP contribution in [0.4, 0.5) is 5.69 Å². The average Bonchev–Trinajstić information content (AvgIpc) is 3.30. The molecule has 0 spiro atoms. The molecule has 32 heavy (non-hydrogen) atoms. The van der Waals surface area contributed by atoms with Gasteiger partial charge in [0.2, 0.25) is 0 Å². The first-order chi connectivity index (χ1) is 15.6. The molecule has 1 aromatic carbocycles. The van der Waals surface area contributed by atoms with E-state index in [4.69, 9.17) is 0 Å². The number of para-hydroxylation sites is 1. The molecule has 1 aliphatic carbocycles. The number of carbonyl (C=O) groups excluding carboxylic acids is 3. The third kappa shape index (κ3) is 9.84. The Labute approximate surface area is 193 Å². The Hall–Kier alpha value is -2.37. The zero-order valence-electron chi connectivity index (χ0n) is 19.7. The smallest absolute Gasteiger partial charge is 0.313 e. The van der Waals surface area contributed by atoms with Gasteiger partial charge in [0.15, 0.2) is 0 Å². The lowest BCUT2D eigenvalue weighted by molar-refractivity contribution is -0.136. The molecule has 0 saturated heterocycles. The normalized spacial score (nSPS) is 13.7. The summed E-state index contributed by atoms with van der Waals surface area (Å²) in [5.74, 6) is -1.61. The fourth-order valence-electron chi connectivity index (χ4n) is 4.20. The summed E-state index contributed by atoms with van der Waals surface area (Å²) >= 11 is 0. The zero-order valence-corrected chi connectivity index (χ0v) is 19.7. The van der Waals surface area contributed by atoms with E-state index in [1.165, 1.54) is 51.4 Å². The highest BCUT2D eigenvalue weighted by Crippen LogP contribution is 2.20. The number of hydrogen-bond donors (Lipinski definition) is 3. The molecular weight excluding hydrogens is 402 g/mol. The summed E-state index contributed by atoms with van der Waals surface area (Å²) in [4.78, 5) is 37.0. The van der Waals surface area contributed by atoms with Gasteiger partial charge in [0, 0.05) is 12.6 Å². The third-order valence-electron chi connectivity index (χ3n) is 6.13. The second-order valence-corrected chi connectivity index (χ2v) is 8.89. The molecule has 3 N–H and O–H groups in total. The Morgan fingerprint density at radius 1 is 0.812 bits per heavy atom. The number of nitrogens with one attached hydrogen (secondary N) is 3. The summed E-state index contributed by atoms with van der Waals surface area (Å²) in [6.45, 7) is 2.73. The fraction of sp³-hybridized carbons (Fsp3) is 0.654. The number of benzene rings is 1. The number of carbonyl (C=O) groups is 3. The van der Waals surface area contributed by atoms with Crippen LogP contribution in [0.3, 0.4) is 0 Å². The first-order valence-electron chi connectivity index (χ1n) is 12.6. The minimum atomic E-state index is -0.738. The highest BCUT2D eigenvalue weighted by Gasteiger charge is 2.21. The summed E-state index contributed by atoms with van der Waals surface area (Å²) in [6.07, 6.45) is 16.5. The van der Waals surface area contributed by atoms with Crippen LogP contribution in [0.25, 0.3) is 0 Å². The van der Waals surface area contributed by atoms with Gasteiger partial charge in [0.05, 0.1) is 11.3 Å². The van der Waals surface area contributed by atoms with Crippen molar-refractivity contribution in [3.8, 4) is 0 Å². The lowest BCUT2D eigenvalue weighted by Crippen LogP contribution is -2.37. The van der Waals surface area contributed by atoms with Gasteiger partial charge in [0.1, 0.15) is 0 Å². The van der Waals surface area contributed by atoms with E-state index < -0.39 is 11.8 Å². The SMILES string of the molecule is CCCCCCCCCCCCNC(=O)C(=O)Nc1ccccc1C(=O)NC1CCCC1. The molecule has 0 radical (unpaired) electrons. The highest BCUT2D eigenvalue weighted by atomic mass is 16.2. The number of unbranched alkanes of at least 4 members (excludes halogenated alkanes) is 9. The molecule has 3 amide bonds. The van der Waals surface area contributed by atoms with Gasteiger partial charge in [-0.3, -0.25) is 14.4 Å². The van der Waals surface area contributed by atoms with Crippen LogP contribution in [-0.4, -0.2) is 30.3 Å². The molecule has 6 heteroatoms. The molecule has 6 nitrogen and oxygen atoms in total. The van der Waals surface area contributed by atoms with Crippen LogP contribution < -0.4 is 16.0 Å². The van der Waals surface area contributed by atoms with Gasteiger partial charge in [-0.2, -0.15) is 0 Å². The van der Waals surface area contributed by atoms with E-state index in [1.54, 1.807) is 24.3 Å². The molecule has 0 atom stereocenters. The predicted molar refractivity (Wildman–Crippen MR) is 130 cm³/mol. The molecule has 0 aliphatic heterocycles. The van der Waals surface area contributed by atoms with E-state index in [0.717, 1.165) is 38.5 Å². The standard InChI is InChI=1S/C26H41N3O3/c1-2-3-4-5-6-7-8-9-10-15-20-27-25(31)26(32)29-23-19-14-13-18-22(23)24(30)28-21-16-11-12-17-21/h13-14,18-19,21H,2-12,15-17,20H2,1H3,(H,27,31)(H,28,30)(H,29,32). The predicted octanol–water partition coefficient (Wildman–Crippen LogP) is 5.33. The number of anilines is 1. The first kappa shape index (κ1) is 25.9. The Morgan fingerprint density at radius 2 is 1.41 bits per heavy atom. The van der Waals surface area contributed by atoms with E-state index in [0.29, 0.717) is 17.8 Å². The number of hydrogen-bond acceptors (Lipinski definition) is 3. The van der Waals surface area contributed by atoms with Crippen LogP contribution in [0.15, 0.2) is 24.3 Å². The van der Waals surface area contributed by atoms with Crippen molar-refractivity contribution in [2.45, 2.75) is 103 Å². The van der Waals surface area contributed by atoms with Crippen LogP contribution in [-0.2, 0) is 9.59 Å². The monoisotopic (exact) mass is 443 g/mol. The molecule has 0 aromatic heterocycles. The van der Waals surface area contributed by atoms with E-state index in [1.807, 2.05) is 0 Å². The van der Waals surface area contributed by atoms with Crippen molar-refractivity contribution >= 4 is 23.4 Å². The van der Waals surface area contributed by atoms with E-state index >= 15 is 0 Å². The minimum Gasteiger partial charge on any atom is -0.349 e. The van der Waals surface area contributed by atoms with E-state index in [2.05, 4.69) is 22.9 Å². The summed E-state index contributed by atoms with van der Waals surface area (Å²) in [7, 11) is 0. The molecule has 0 bridgehead atoms. The Balaban J connectivity index is 1.63. The van der Waals surface area contributed by atoms with Crippen molar-refractivity contribution in [3.05, 3.63) is 29.8 Å². The van der Waals surface area contributed by atoms with Gasteiger partial charge >= 0.3 is 11.8 Å². The highest BCUT2D eigenvalue weighted by molar-refractivity contribution is 6.40. The van der Waals surface area contributed by atoms with Crippen molar-refractivity contribution in [1.82, 2.24) is 10.6 Å². The fourth-order valence-corrected chi connectivity index (χ4v) is 4.20. The summed E-state index contributed by atoms with van der Waals surface area (Å²) in [5, 5.41) is 8.30. The zero-order chi connectivity index (χ0) is 23.0. The molecule has 178 valence electrons. The van der Waals surface area contributed by atoms with Crippen molar-refractivity contribution < 1.29 is 14.4 Å². The second kappa shape index (κ2) is 15.4. The van der Waals surface area contributed by atoms with Gasteiger partial charge in [-0.1, -0.05) is 89.7 Å². The lowest BCUT2D eigenvalue weighted by Gasteiger charge is -2.15. The van der Waals surface area contributed by atoms with Crippen molar-refractivity contribution in [2.24, 2.45) is 0 Å². The molecule has 2 rings (SSSR count). The van der Waals surface area contributed by atoms with Crippen LogP contribution in [0, 0.1) is 0 Å². The van der Waals surface area contributed by atoms with Crippen molar-refractivity contribution in [1.29, 1.82) is 0 Å². The van der Waals surface area contributed by atoms with Gasteiger partial charge in [-0.15, -0.1) is 0 Å².